The van der Waals surface area contributed by atoms with E-state index in [0.29, 0.717) is 36.7 Å². The Morgan fingerprint density at radius 2 is 1.84 bits per heavy atom. The molecule has 1 atom stereocenters. The molecule has 1 unspecified atom stereocenters. The molecule has 172 valence electrons. The van der Waals surface area contributed by atoms with Gasteiger partial charge in [0, 0.05) is 43.5 Å². The van der Waals surface area contributed by atoms with Gasteiger partial charge < -0.3 is 19.5 Å². The normalized spacial score (nSPS) is 19.9. The second-order valence-corrected chi connectivity index (χ2v) is 9.81. The van der Waals surface area contributed by atoms with E-state index in [0.717, 1.165) is 12.8 Å². The molecule has 0 aliphatic carbocycles. The van der Waals surface area contributed by atoms with Crippen molar-refractivity contribution >= 4 is 33.4 Å². The highest BCUT2D eigenvalue weighted by atomic mass is 32.2. The third kappa shape index (κ3) is 4.63. The molecule has 2 amide bonds. The lowest BCUT2D eigenvalue weighted by Crippen LogP contribution is -2.41. The number of carbonyl (C=O) groups is 2. The van der Waals surface area contributed by atoms with E-state index in [-0.39, 0.29) is 35.1 Å². The highest BCUT2D eigenvalue weighted by Crippen LogP contribution is 2.27. The zero-order chi connectivity index (χ0) is 22.9. The van der Waals surface area contributed by atoms with Gasteiger partial charge in [0.2, 0.25) is 17.7 Å². The SMILES string of the molecule is Cc1noc(NS(=O)(=O)c2ccc(NC(=O)C3CC(=O)N(C4CCOCC4)C3)cc2)c1C. The number of anilines is 2. The van der Waals surface area contributed by atoms with Gasteiger partial charge in [-0.2, -0.15) is 0 Å². The summed E-state index contributed by atoms with van der Waals surface area (Å²) in [6.07, 6.45) is 1.75. The number of aromatic nitrogens is 1. The van der Waals surface area contributed by atoms with E-state index in [1.807, 2.05) is 0 Å². The summed E-state index contributed by atoms with van der Waals surface area (Å²) in [5, 5.41) is 6.52. The van der Waals surface area contributed by atoms with Gasteiger partial charge in [-0.05, 0) is 51.0 Å². The highest BCUT2D eigenvalue weighted by molar-refractivity contribution is 7.92. The number of carbonyl (C=O) groups excluding carboxylic acids is 2. The number of nitrogens with one attached hydrogen (secondary N) is 2. The predicted octanol–water partition coefficient (Wildman–Crippen LogP) is 2.06. The van der Waals surface area contributed by atoms with Crippen LogP contribution < -0.4 is 10.0 Å². The molecule has 1 aromatic heterocycles. The molecule has 0 spiro atoms. The molecule has 2 N–H and O–H groups in total. The van der Waals surface area contributed by atoms with Gasteiger partial charge in [-0.3, -0.25) is 9.59 Å². The van der Waals surface area contributed by atoms with Crippen LogP contribution in [-0.4, -0.2) is 56.1 Å². The van der Waals surface area contributed by atoms with Crippen molar-refractivity contribution in [3.8, 4) is 0 Å². The Morgan fingerprint density at radius 1 is 1.16 bits per heavy atom. The molecule has 0 saturated carbocycles. The Bertz CT molecular complexity index is 1110. The molecule has 2 aliphatic rings. The van der Waals surface area contributed by atoms with Gasteiger partial charge in [-0.25, -0.2) is 13.1 Å². The summed E-state index contributed by atoms with van der Waals surface area (Å²) in [6, 6.07) is 5.94. The van der Waals surface area contributed by atoms with E-state index < -0.39 is 15.9 Å². The lowest BCUT2D eigenvalue weighted by atomic mass is 10.1. The van der Waals surface area contributed by atoms with Gasteiger partial charge in [0.05, 0.1) is 16.5 Å². The molecule has 3 heterocycles. The average molecular weight is 463 g/mol. The second-order valence-electron chi connectivity index (χ2n) is 8.13. The van der Waals surface area contributed by atoms with Crippen LogP contribution in [0.15, 0.2) is 33.7 Å². The van der Waals surface area contributed by atoms with Crippen molar-refractivity contribution < 1.29 is 27.3 Å². The van der Waals surface area contributed by atoms with Crippen LogP contribution in [-0.2, 0) is 24.3 Å². The number of hydrogen-bond acceptors (Lipinski definition) is 7. The molecule has 4 rings (SSSR count). The lowest BCUT2D eigenvalue weighted by molar-refractivity contribution is -0.131. The van der Waals surface area contributed by atoms with E-state index >= 15 is 0 Å². The summed E-state index contributed by atoms with van der Waals surface area (Å²) in [7, 11) is -3.87. The quantitative estimate of drug-likeness (QED) is 0.672. The van der Waals surface area contributed by atoms with Crippen molar-refractivity contribution in [3.63, 3.8) is 0 Å². The monoisotopic (exact) mass is 462 g/mol. The fraction of sp³-hybridized carbons (Fsp3) is 0.476. The number of benzene rings is 1. The summed E-state index contributed by atoms with van der Waals surface area (Å²) in [6.45, 7) is 5.08. The number of hydrogen-bond donors (Lipinski definition) is 2. The van der Waals surface area contributed by atoms with Crippen LogP contribution >= 0.6 is 0 Å². The number of rotatable bonds is 6. The number of aryl methyl sites for hydroxylation is 1. The van der Waals surface area contributed by atoms with E-state index in [4.69, 9.17) is 9.26 Å². The molecule has 2 saturated heterocycles. The van der Waals surface area contributed by atoms with Gasteiger partial charge in [-0.15, -0.1) is 0 Å². The number of ether oxygens (including phenoxy) is 1. The van der Waals surface area contributed by atoms with E-state index in [1.165, 1.54) is 24.3 Å². The minimum absolute atomic E-state index is 0.0116. The Morgan fingerprint density at radius 3 is 2.47 bits per heavy atom. The maximum absolute atomic E-state index is 12.7. The Kier molecular flexibility index (Phi) is 6.20. The first kappa shape index (κ1) is 22.3. The van der Waals surface area contributed by atoms with Crippen molar-refractivity contribution in [2.45, 2.75) is 44.0 Å². The topological polar surface area (TPSA) is 131 Å². The molecule has 2 aromatic rings. The van der Waals surface area contributed by atoms with Crippen molar-refractivity contribution in [1.82, 2.24) is 10.1 Å². The van der Waals surface area contributed by atoms with Crippen LogP contribution in [0.2, 0.25) is 0 Å². The number of likely N-dealkylation sites (tertiary alicyclic amines) is 1. The fourth-order valence-electron chi connectivity index (χ4n) is 3.91. The van der Waals surface area contributed by atoms with Gasteiger partial charge in [0.25, 0.3) is 10.0 Å². The largest absolute Gasteiger partial charge is 0.381 e. The molecule has 11 heteroatoms. The van der Waals surface area contributed by atoms with Gasteiger partial charge in [0.1, 0.15) is 0 Å². The number of amides is 2. The molecule has 2 fully saturated rings. The average Bonchev–Trinajstić information content (AvgIpc) is 3.32. The molecule has 0 bridgehead atoms. The summed E-state index contributed by atoms with van der Waals surface area (Å²) >= 11 is 0. The van der Waals surface area contributed by atoms with Crippen LogP contribution in [0.5, 0.6) is 0 Å². The molecule has 1 aromatic carbocycles. The smallest absolute Gasteiger partial charge is 0.264 e. The van der Waals surface area contributed by atoms with E-state index in [9.17, 15) is 18.0 Å². The standard InChI is InChI=1S/C21H26N4O6S/c1-13-14(2)23-31-21(13)24-32(28,29)18-5-3-16(4-6-18)22-20(27)15-11-19(26)25(12-15)17-7-9-30-10-8-17/h3-6,15,17,24H,7-12H2,1-2H3,(H,22,27). The van der Waals surface area contributed by atoms with Crippen LogP contribution in [0.3, 0.4) is 0 Å². The Balaban J connectivity index is 1.37. The first-order valence-electron chi connectivity index (χ1n) is 10.5. The van der Waals surface area contributed by atoms with E-state index in [1.54, 1.807) is 18.7 Å². The predicted molar refractivity (Wildman–Crippen MR) is 116 cm³/mol. The van der Waals surface area contributed by atoms with Crippen molar-refractivity contribution in [3.05, 3.63) is 35.5 Å². The van der Waals surface area contributed by atoms with Crippen molar-refractivity contribution in [1.29, 1.82) is 0 Å². The molecular weight excluding hydrogens is 436 g/mol. The summed E-state index contributed by atoms with van der Waals surface area (Å²) in [4.78, 5) is 26.9. The van der Waals surface area contributed by atoms with Crippen LogP contribution in [0, 0.1) is 19.8 Å². The second kappa shape index (κ2) is 8.91. The molecular formula is C21H26N4O6S. The zero-order valence-corrected chi connectivity index (χ0v) is 18.8. The number of nitrogens with zero attached hydrogens (tertiary/aromatic N) is 2. The van der Waals surface area contributed by atoms with Crippen LogP contribution in [0.25, 0.3) is 0 Å². The van der Waals surface area contributed by atoms with Gasteiger partial charge >= 0.3 is 0 Å². The highest BCUT2D eigenvalue weighted by Gasteiger charge is 2.38. The maximum atomic E-state index is 12.7. The summed E-state index contributed by atoms with van der Waals surface area (Å²) in [5.74, 6) is -0.634. The molecule has 32 heavy (non-hydrogen) atoms. The third-order valence-corrected chi connectivity index (χ3v) is 7.32. The fourth-order valence-corrected chi connectivity index (χ4v) is 4.96. The molecule has 0 radical (unpaired) electrons. The van der Waals surface area contributed by atoms with E-state index in [2.05, 4.69) is 15.2 Å². The third-order valence-electron chi connectivity index (χ3n) is 5.98. The number of sulfonamides is 1. The first-order chi connectivity index (χ1) is 15.2. The Hall–Kier alpha value is -2.92. The first-order valence-corrected chi connectivity index (χ1v) is 12.0. The summed E-state index contributed by atoms with van der Waals surface area (Å²) in [5.41, 5.74) is 1.66. The van der Waals surface area contributed by atoms with Gasteiger partial charge in [0.15, 0.2) is 0 Å². The van der Waals surface area contributed by atoms with Gasteiger partial charge in [-0.1, -0.05) is 5.16 Å². The van der Waals surface area contributed by atoms with Crippen molar-refractivity contribution in [2.75, 3.05) is 29.8 Å². The lowest BCUT2D eigenvalue weighted by Gasteiger charge is -2.31. The minimum Gasteiger partial charge on any atom is -0.381 e. The minimum atomic E-state index is -3.87. The van der Waals surface area contributed by atoms with Crippen molar-refractivity contribution in [2.24, 2.45) is 5.92 Å². The van der Waals surface area contributed by atoms with Crippen LogP contribution in [0.4, 0.5) is 11.6 Å². The zero-order valence-electron chi connectivity index (χ0n) is 18.0. The van der Waals surface area contributed by atoms with Crippen LogP contribution in [0.1, 0.15) is 30.5 Å². The summed E-state index contributed by atoms with van der Waals surface area (Å²) < 4.78 is 37.9. The Labute approximate surface area is 186 Å². The molecule has 2 aliphatic heterocycles. The molecule has 10 nitrogen and oxygen atoms in total. The maximum Gasteiger partial charge on any atom is 0.264 e.